The first-order chi connectivity index (χ1) is 8.04. The standard InChI is InChI=1S/C11H14BrNO3S/c12-10-2-1-3-11(6-10)17(15,16)13-5-4-9(7-13)8-14/h1-3,6,9,14H,4-5,7-8H2. The van der Waals surface area contributed by atoms with E-state index in [9.17, 15) is 8.42 Å². The van der Waals surface area contributed by atoms with E-state index in [2.05, 4.69) is 15.9 Å². The van der Waals surface area contributed by atoms with Crippen LogP contribution in [-0.4, -0.2) is 37.5 Å². The predicted octanol–water partition coefficient (Wildman–Crippen LogP) is 1.45. The van der Waals surface area contributed by atoms with Gasteiger partial charge in [0.05, 0.1) is 4.90 Å². The third-order valence-electron chi connectivity index (χ3n) is 2.94. The van der Waals surface area contributed by atoms with Gasteiger partial charge < -0.3 is 5.11 Å². The molecule has 1 heterocycles. The zero-order chi connectivity index (χ0) is 12.5. The molecule has 1 unspecified atom stereocenters. The fourth-order valence-electron chi connectivity index (χ4n) is 1.94. The van der Waals surface area contributed by atoms with Crippen molar-refractivity contribution in [1.29, 1.82) is 0 Å². The summed E-state index contributed by atoms with van der Waals surface area (Å²) in [6, 6.07) is 6.68. The first-order valence-corrected chi connectivity index (χ1v) is 7.64. The Morgan fingerprint density at radius 2 is 2.24 bits per heavy atom. The van der Waals surface area contributed by atoms with E-state index in [4.69, 9.17) is 5.11 Å². The molecule has 0 radical (unpaired) electrons. The van der Waals surface area contributed by atoms with Crippen LogP contribution in [0, 0.1) is 5.92 Å². The highest BCUT2D eigenvalue weighted by Crippen LogP contribution is 2.25. The van der Waals surface area contributed by atoms with E-state index in [0.717, 1.165) is 10.9 Å². The molecule has 1 saturated heterocycles. The van der Waals surface area contributed by atoms with Crippen molar-refractivity contribution in [3.63, 3.8) is 0 Å². The molecule has 1 aromatic carbocycles. The number of hydrogen-bond acceptors (Lipinski definition) is 3. The lowest BCUT2D eigenvalue weighted by Gasteiger charge is -2.16. The summed E-state index contributed by atoms with van der Waals surface area (Å²) in [4.78, 5) is 0.297. The van der Waals surface area contributed by atoms with E-state index in [1.807, 2.05) is 0 Å². The van der Waals surface area contributed by atoms with Gasteiger partial charge >= 0.3 is 0 Å². The van der Waals surface area contributed by atoms with Crippen LogP contribution in [0.15, 0.2) is 33.6 Å². The second kappa shape index (κ2) is 5.06. The molecule has 2 rings (SSSR count). The van der Waals surface area contributed by atoms with E-state index in [1.165, 1.54) is 4.31 Å². The fraction of sp³-hybridized carbons (Fsp3) is 0.455. The van der Waals surface area contributed by atoms with Crippen LogP contribution in [-0.2, 0) is 10.0 Å². The second-order valence-electron chi connectivity index (χ2n) is 4.16. The van der Waals surface area contributed by atoms with Gasteiger partial charge in [-0.1, -0.05) is 22.0 Å². The van der Waals surface area contributed by atoms with Crippen molar-refractivity contribution in [3.05, 3.63) is 28.7 Å². The summed E-state index contributed by atoms with van der Waals surface area (Å²) in [6.07, 6.45) is 0.726. The van der Waals surface area contributed by atoms with Crippen molar-refractivity contribution in [2.24, 2.45) is 5.92 Å². The Morgan fingerprint density at radius 1 is 1.47 bits per heavy atom. The van der Waals surface area contributed by atoms with E-state index in [1.54, 1.807) is 24.3 Å². The summed E-state index contributed by atoms with van der Waals surface area (Å²) >= 11 is 3.27. The zero-order valence-electron chi connectivity index (χ0n) is 9.21. The van der Waals surface area contributed by atoms with Crippen LogP contribution in [0.25, 0.3) is 0 Å². The number of aliphatic hydroxyl groups excluding tert-OH is 1. The van der Waals surface area contributed by atoms with Gasteiger partial charge in [0.15, 0.2) is 0 Å². The number of nitrogens with zero attached hydrogens (tertiary/aromatic N) is 1. The molecule has 0 amide bonds. The summed E-state index contributed by atoms with van der Waals surface area (Å²) in [5.74, 6) is 0.0666. The molecular weight excluding hydrogens is 306 g/mol. The van der Waals surface area contributed by atoms with Gasteiger partial charge in [0, 0.05) is 24.2 Å². The summed E-state index contributed by atoms with van der Waals surface area (Å²) in [7, 11) is -3.41. The molecule has 4 nitrogen and oxygen atoms in total. The van der Waals surface area contributed by atoms with Gasteiger partial charge in [-0.2, -0.15) is 4.31 Å². The summed E-state index contributed by atoms with van der Waals surface area (Å²) in [6.45, 7) is 0.940. The van der Waals surface area contributed by atoms with Crippen molar-refractivity contribution >= 4 is 26.0 Å². The van der Waals surface area contributed by atoms with Crippen molar-refractivity contribution in [2.45, 2.75) is 11.3 Å². The monoisotopic (exact) mass is 319 g/mol. The van der Waals surface area contributed by atoms with Crippen LogP contribution in [0.5, 0.6) is 0 Å². The highest BCUT2D eigenvalue weighted by molar-refractivity contribution is 9.10. The molecular formula is C11H14BrNO3S. The average molecular weight is 320 g/mol. The van der Waals surface area contributed by atoms with Gasteiger partial charge in [0.2, 0.25) is 10.0 Å². The lowest BCUT2D eigenvalue weighted by molar-refractivity contribution is 0.233. The molecule has 1 N–H and O–H groups in total. The molecule has 1 atom stereocenters. The van der Waals surface area contributed by atoms with Crippen LogP contribution in [0.4, 0.5) is 0 Å². The molecule has 0 aromatic heterocycles. The SMILES string of the molecule is O=S(=O)(c1cccc(Br)c1)N1CCC(CO)C1. The van der Waals surface area contributed by atoms with E-state index >= 15 is 0 Å². The number of hydrogen-bond donors (Lipinski definition) is 1. The molecule has 6 heteroatoms. The summed E-state index contributed by atoms with van der Waals surface area (Å²) in [5.41, 5.74) is 0. The minimum absolute atomic E-state index is 0.0461. The maximum Gasteiger partial charge on any atom is 0.243 e. The fourth-order valence-corrected chi connectivity index (χ4v) is 4.07. The first kappa shape index (κ1) is 13.0. The summed E-state index contributed by atoms with van der Waals surface area (Å²) < 4.78 is 26.7. The topological polar surface area (TPSA) is 57.6 Å². The lowest BCUT2D eigenvalue weighted by Crippen LogP contribution is -2.29. The van der Waals surface area contributed by atoms with Gasteiger partial charge in [-0.3, -0.25) is 0 Å². The summed E-state index contributed by atoms with van der Waals surface area (Å²) in [5, 5.41) is 9.04. The largest absolute Gasteiger partial charge is 0.396 e. The quantitative estimate of drug-likeness (QED) is 0.917. The number of rotatable bonds is 3. The Balaban J connectivity index is 2.25. The van der Waals surface area contributed by atoms with Gasteiger partial charge in [0.1, 0.15) is 0 Å². The van der Waals surface area contributed by atoms with Crippen LogP contribution >= 0.6 is 15.9 Å². The van der Waals surface area contributed by atoms with Crippen molar-refractivity contribution in [1.82, 2.24) is 4.31 Å². The van der Waals surface area contributed by atoms with E-state index in [-0.39, 0.29) is 12.5 Å². The highest BCUT2D eigenvalue weighted by Gasteiger charge is 2.32. The number of benzene rings is 1. The molecule has 0 bridgehead atoms. The van der Waals surface area contributed by atoms with Crippen LogP contribution in [0.1, 0.15) is 6.42 Å². The normalized spacial score (nSPS) is 21.9. The average Bonchev–Trinajstić information content (AvgIpc) is 2.78. The van der Waals surface area contributed by atoms with Crippen LogP contribution in [0.3, 0.4) is 0 Å². The van der Waals surface area contributed by atoms with Gasteiger partial charge in [-0.15, -0.1) is 0 Å². The predicted molar refractivity (Wildman–Crippen MR) is 68.1 cm³/mol. The highest BCUT2D eigenvalue weighted by atomic mass is 79.9. The maximum atomic E-state index is 12.3. The molecule has 1 aliphatic rings. The number of aliphatic hydroxyl groups is 1. The minimum atomic E-state index is -3.41. The number of sulfonamides is 1. The zero-order valence-corrected chi connectivity index (χ0v) is 11.6. The Labute approximate surface area is 109 Å². The van der Waals surface area contributed by atoms with Crippen molar-refractivity contribution < 1.29 is 13.5 Å². The third-order valence-corrected chi connectivity index (χ3v) is 5.30. The van der Waals surface area contributed by atoms with E-state index < -0.39 is 10.0 Å². The second-order valence-corrected chi connectivity index (χ2v) is 7.01. The molecule has 0 spiro atoms. The van der Waals surface area contributed by atoms with Gasteiger partial charge in [-0.25, -0.2) is 8.42 Å². The molecule has 1 fully saturated rings. The van der Waals surface area contributed by atoms with Crippen molar-refractivity contribution in [3.8, 4) is 0 Å². The first-order valence-electron chi connectivity index (χ1n) is 5.40. The Kier molecular flexibility index (Phi) is 3.87. The van der Waals surface area contributed by atoms with Crippen LogP contribution < -0.4 is 0 Å². The van der Waals surface area contributed by atoms with E-state index in [0.29, 0.717) is 18.0 Å². The molecule has 0 aliphatic carbocycles. The molecule has 0 saturated carbocycles. The lowest BCUT2D eigenvalue weighted by atomic mass is 10.1. The van der Waals surface area contributed by atoms with Crippen LogP contribution in [0.2, 0.25) is 0 Å². The maximum absolute atomic E-state index is 12.3. The van der Waals surface area contributed by atoms with Gasteiger partial charge in [-0.05, 0) is 30.5 Å². The Morgan fingerprint density at radius 3 is 2.82 bits per heavy atom. The smallest absolute Gasteiger partial charge is 0.243 e. The van der Waals surface area contributed by atoms with Crippen molar-refractivity contribution in [2.75, 3.05) is 19.7 Å². The molecule has 17 heavy (non-hydrogen) atoms. The van der Waals surface area contributed by atoms with Gasteiger partial charge in [0.25, 0.3) is 0 Å². The Bertz CT molecular complexity index is 503. The third kappa shape index (κ3) is 2.70. The number of halogens is 1. The Hall–Kier alpha value is -0.430. The minimum Gasteiger partial charge on any atom is -0.396 e. The molecule has 94 valence electrons. The molecule has 1 aliphatic heterocycles. The molecule has 1 aromatic rings.